The van der Waals surface area contributed by atoms with Crippen LogP contribution >= 0.6 is 0 Å². The Kier molecular flexibility index (Phi) is 2.70. The van der Waals surface area contributed by atoms with Crippen LogP contribution in [0.4, 0.5) is 5.95 Å². The first kappa shape index (κ1) is 11.7. The molecule has 2 aromatic rings. The summed E-state index contributed by atoms with van der Waals surface area (Å²) in [5.74, 6) is 2.84. The lowest BCUT2D eigenvalue weighted by molar-refractivity contribution is 0.171. The zero-order valence-electron chi connectivity index (χ0n) is 10.8. The third-order valence-corrected chi connectivity index (χ3v) is 2.89. The van der Waals surface area contributed by atoms with Gasteiger partial charge in [-0.25, -0.2) is 4.98 Å². The number of fused-ring (bicyclic) bond motifs is 1. The third kappa shape index (κ3) is 2.16. The molecule has 0 bridgehead atoms. The van der Waals surface area contributed by atoms with Gasteiger partial charge in [0.2, 0.25) is 5.95 Å². The monoisotopic (exact) mass is 258 g/mol. The van der Waals surface area contributed by atoms with E-state index in [2.05, 4.69) is 15.0 Å². The largest absolute Gasteiger partial charge is 0.486 e. The fourth-order valence-corrected chi connectivity index (χ4v) is 2.05. The van der Waals surface area contributed by atoms with E-state index in [4.69, 9.17) is 15.2 Å². The minimum Gasteiger partial charge on any atom is -0.486 e. The molecule has 1 aliphatic heterocycles. The summed E-state index contributed by atoms with van der Waals surface area (Å²) in [5, 5.41) is 0. The predicted octanol–water partition coefficient (Wildman–Crippen LogP) is 1.51. The van der Waals surface area contributed by atoms with Gasteiger partial charge in [-0.05, 0) is 31.5 Å². The van der Waals surface area contributed by atoms with Crippen LogP contribution in [0.15, 0.2) is 12.1 Å². The van der Waals surface area contributed by atoms with E-state index in [0.717, 1.165) is 16.9 Å². The van der Waals surface area contributed by atoms with Gasteiger partial charge in [-0.2, -0.15) is 9.97 Å². The summed E-state index contributed by atoms with van der Waals surface area (Å²) < 4.78 is 11.1. The molecule has 3 rings (SSSR count). The maximum atomic E-state index is 5.67. The van der Waals surface area contributed by atoms with Crippen LogP contribution in [0.25, 0.3) is 11.4 Å². The molecule has 0 fully saturated rings. The Hall–Kier alpha value is -2.37. The first-order valence-corrected chi connectivity index (χ1v) is 6.02. The molecule has 2 N–H and O–H groups in total. The maximum Gasteiger partial charge on any atom is 0.223 e. The summed E-state index contributed by atoms with van der Waals surface area (Å²) in [5.41, 5.74) is 7.55. The smallest absolute Gasteiger partial charge is 0.223 e. The SMILES string of the molecule is Cc1nc(N)nc(-c2cc3c(cc2C)OCCO3)n1. The van der Waals surface area contributed by atoms with Crippen molar-refractivity contribution in [2.24, 2.45) is 0 Å². The average Bonchev–Trinajstić information content (AvgIpc) is 2.36. The molecule has 0 aliphatic carbocycles. The topological polar surface area (TPSA) is 83.2 Å². The van der Waals surface area contributed by atoms with Crippen molar-refractivity contribution >= 4 is 5.95 Å². The van der Waals surface area contributed by atoms with Crippen LogP contribution in [0.5, 0.6) is 11.5 Å². The fraction of sp³-hybridized carbons (Fsp3) is 0.308. The molecule has 19 heavy (non-hydrogen) atoms. The van der Waals surface area contributed by atoms with Crippen molar-refractivity contribution < 1.29 is 9.47 Å². The molecule has 1 aromatic carbocycles. The normalized spacial score (nSPS) is 13.4. The number of benzene rings is 1. The van der Waals surface area contributed by atoms with E-state index in [-0.39, 0.29) is 5.95 Å². The number of ether oxygens (including phenoxy) is 2. The zero-order chi connectivity index (χ0) is 13.4. The highest BCUT2D eigenvalue weighted by Gasteiger charge is 2.16. The summed E-state index contributed by atoms with van der Waals surface area (Å²) >= 11 is 0. The third-order valence-electron chi connectivity index (χ3n) is 2.89. The summed E-state index contributed by atoms with van der Waals surface area (Å²) in [6.07, 6.45) is 0. The number of anilines is 1. The van der Waals surface area contributed by atoms with Gasteiger partial charge in [-0.1, -0.05) is 0 Å². The number of nitrogens with zero attached hydrogens (tertiary/aromatic N) is 3. The quantitative estimate of drug-likeness (QED) is 0.834. The lowest BCUT2D eigenvalue weighted by Gasteiger charge is -2.20. The molecule has 0 saturated heterocycles. The summed E-state index contributed by atoms with van der Waals surface area (Å²) in [6.45, 7) is 4.88. The molecule has 98 valence electrons. The molecule has 0 unspecified atom stereocenters. The van der Waals surface area contributed by atoms with Crippen molar-refractivity contribution in [3.05, 3.63) is 23.5 Å². The van der Waals surface area contributed by atoms with Gasteiger partial charge in [-0.15, -0.1) is 0 Å². The number of rotatable bonds is 1. The predicted molar refractivity (Wildman–Crippen MR) is 70.1 cm³/mol. The van der Waals surface area contributed by atoms with Crippen LogP contribution in [-0.2, 0) is 0 Å². The Morgan fingerprint density at radius 3 is 2.37 bits per heavy atom. The lowest BCUT2D eigenvalue weighted by Crippen LogP contribution is -2.15. The highest BCUT2D eigenvalue weighted by molar-refractivity contribution is 5.66. The van der Waals surface area contributed by atoms with Crippen molar-refractivity contribution in [2.45, 2.75) is 13.8 Å². The molecule has 0 atom stereocenters. The van der Waals surface area contributed by atoms with Crippen LogP contribution in [0, 0.1) is 13.8 Å². The van der Waals surface area contributed by atoms with Gasteiger partial charge in [-0.3, -0.25) is 0 Å². The van der Waals surface area contributed by atoms with E-state index in [1.54, 1.807) is 6.92 Å². The van der Waals surface area contributed by atoms with E-state index >= 15 is 0 Å². The van der Waals surface area contributed by atoms with Gasteiger partial charge in [0.25, 0.3) is 0 Å². The van der Waals surface area contributed by atoms with E-state index in [1.165, 1.54) is 0 Å². The van der Waals surface area contributed by atoms with Crippen LogP contribution < -0.4 is 15.2 Å². The molecule has 6 nitrogen and oxygen atoms in total. The van der Waals surface area contributed by atoms with Gasteiger partial charge in [0.15, 0.2) is 17.3 Å². The molecule has 6 heteroatoms. The number of aryl methyl sites for hydroxylation is 2. The molecule has 2 heterocycles. The van der Waals surface area contributed by atoms with Crippen molar-refractivity contribution in [2.75, 3.05) is 18.9 Å². The summed E-state index contributed by atoms with van der Waals surface area (Å²) in [7, 11) is 0. The molecule has 1 aliphatic rings. The lowest BCUT2D eigenvalue weighted by atomic mass is 10.1. The molecule has 1 aromatic heterocycles. The van der Waals surface area contributed by atoms with Crippen molar-refractivity contribution in [3.63, 3.8) is 0 Å². The minimum absolute atomic E-state index is 0.219. The Labute approximate surface area is 110 Å². The second kappa shape index (κ2) is 4.38. The van der Waals surface area contributed by atoms with Gasteiger partial charge in [0, 0.05) is 5.56 Å². The van der Waals surface area contributed by atoms with Crippen molar-refractivity contribution in [1.29, 1.82) is 0 Å². The molecular weight excluding hydrogens is 244 g/mol. The number of hydrogen-bond donors (Lipinski definition) is 1. The van der Waals surface area contributed by atoms with Gasteiger partial charge < -0.3 is 15.2 Å². The number of hydrogen-bond acceptors (Lipinski definition) is 6. The van der Waals surface area contributed by atoms with Crippen LogP contribution in [0.3, 0.4) is 0 Å². The number of aromatic nitrogens is 3. The standard InChI is InChI=1S/C13H14N4O2/c1-7-5-10-11(19-4-3-18-10)6-9(7)12-15-8(2)16-13(14)17-12/h5-6H,3-4H2,1-2H3,(H2,14,15,16,17). The van der Waals surface area contributed by atoms with Gasteiger partial charge in [0.05, 0.1) is 0 Å². The highest BCUT2D eigenvalue weighted by Crippen LogP contribution is 2.36. The van der Waals surface area contributed by atoms with Gasteiger partial charge in [0.1, 0.15) is 19.0 Å². The van der Waals surface area contributed by atoms with Crippen LogP contribution in [0.1, 0.15) is 11.4 Å². The van der Waals surface area contributed by atoms with Gasteiger partial charge >= 0.3 is 0 Å². The van der Waals surface area contributed by atoms with Crippen molar-refractivity contribution in [1.82, 2.24) is 15.0 Å². The molecule has 0 saturated carbocycles. The summed E-state index contributed by atoms with van der Waals surface area (Å²) in [4.78, 5) is 12.5. The van der Waals surface area contributed by atoms with E-state index in [9.17, 15) is 0 Å². The zero-order valence-corrected chi connectivity index (χ0v) is 10.8. The second-order valence-corrected chi connectivity index (χ2v) is 4.38. The molecular formula is C13H14N4O2. The van der Waals surface area contributed by atoms with Crippen molar-refractivity contribution in [3.8, 4) is 22.9 Å². The van der Waals surface area contributed by atoms with E-state index < -0.39 is 0 Å². The maximum absolute atomic E-state index is 5.67. The Balaban J connectivity index is 2.14. The molecule has 0 radical (unpaired) electrons. The van der Waals surface area contributed by atoms with Crippen LogP contribution in [-0.4, -0.2) is 28.2 Å². The fourth-order valence-electron chi connectivity index (χ4n) is 2.05. The first-order valence-electron chi connectivity index (χ1n) is 6.02. The van der Waals surface area contributed by atoms with E-state index in [1.807, 2.05) is 19.1 Å². The summed E-state index contributed by atoms with van der Waals surface area (Å²) in [6, 6.07) is 3.82. The first-order chi connectivity index (χ1) is 9.13. The Morgan fingerprint density at radius 1 is 1.00 bits per heavy atom. The second-order valence-electron chi connectivity index (χ2n) is 4.38. The van der Waals surface area contributed by atoms with E-state index in [0.29, 0.717) is 30.6 Å². The molecule has 0 amide bonds. The molecule has 0 spiro atoms. The minimum atomic E-state index is 0.219. The number of nitrogens with two attached hydrogens (primary N) is 1. The van der Waals surface area contributed by atoms with Crippen LogP contribution in [0.2, 0.25) is 0 Å². The Morgan fingerprint density at radius 2 is 1.68 bits per heavy atom. The average molecular weight is 258 g/mol. The number of nitrogen functional groups attached to an aromatic ring is 1. The highest BCUT2D eigenvalue weighted by atomic mass is 16.6. The Bertz CT molecular complexity index is 623.